The first-order valence-corrected chi connectivity index (χ1v) is 10.3. The molecule has 2 aromatic carbocycles. The first-order valence-electron chi connectivity index (χ1n) is 9.43. The van der Waals surface area contributed by atoms with Crippen molar-refractivity contribution in [2.75, 3.05) is 37.5 Å². The van der Waals surface area contributed by atoms with Gasteiger partial charge in [0.15, 0.2) is 5.13 Å². The third-order valence-corrected chi connectivity index (χ3v) is 5.43. The highest BCUT2D eigenvalue weighted by Gasteiger charge is 2.14. The number of hydrogen-bond acceptors (Lipinski definition) is 6. The second kappa shape index (κ2) is 9.43. The van der Waals surface area contributed by atoms with E-state index < -0.39 is 0 Å². The number of hydrogen-bond donors (Lipinski definition) is 1. The molecule has 6 nitrogen and oxygen atoms in total. The molecule has 0 radical (unpaired) electrons. The van der Waals surface area contributed by atoms with Gasteiger partial charge in [-0.2, -0.15) is 0 Å². The van der Waals surface area contributed by atoms with Gasteiger partial charge in [-0.1, -0.05) is 0 Å². The van der Waals surface area contributed by atoms with E-state index in [0.29, 0.717) is 22.2 Å². The fraction of sp³-hybridized carbons (Fsp3) is 0.273. The van der Waals surface area contributed by atoms with Crippen LogP contribution in [0.5, 0.6) is 11.5 Å². The molecule has 3 aromatic rings. The number of rotatable bonds is 8. The molecule has 29 heavy (non-hydrogen) atoms. The van der Waals surface area contributed by atoms with Gasteiger partial charge in [0.25, 0.3) is 5.91 Å². The van der Waals surface area contributed by atoms with Crippen LogP contribution in [-0.4, -0.2) is 38.2 Å². The maximum absolute atomic E-state index is 12.6. The van der Waals surface area contributed by atoms with Gasteiger partial charge in [-0.25, -0.2) is 4.98 Å². The summed E-state index contributed by atoms with van der Waals surface area (Å²) in [6.45, 7) is 6.08. The van der Waals surface area contributed by atoms with Gasteiger partial charge in [-0.15, -0.1) is 11.3 Å². The van der Waals surface area contributed by atoms with E-state index in [4.69, 9.17) is 9.47 Å². The highest BCUT2D eigenvalue weighted by atomic mass is 32.1. The molecule has 1 amide bonds. The minimum Gasteiger partial charge on any atom is -0.497 e. The summed E-state index contributed by atoms with van der Waals surface area (Å²) in [6.07, 6.45) is 0. The standard InChI is InChI=1S/C22H25N3O3S/c1-5-25(6-2)16-9-7-15(8-10-16)21(26)24-22-23-19(14-29-22)18-12-11-17(27-3)13-20(18)28-4/h7-14H,5-6H2,1-4H3,(H,23,24,26). The van der Waals surface area contributed by atoms with Crippen LogP contribution in [0.25, 0.3) is 11.3 Å². The van der Waals surface area contributed by atoms with Crippen LogP contribution in [0.4, 0.5) is 10.8 Å². The molecule has 1 heterocycles. The lowest BCUT2D eigenvalue weighted by Crippen LogP contribution is -2.21. The third-order valence-electron chi connectivity index (χ3n) is 4.67. The van der Waals surface area contributed by atoms with Crippen molar-refractivity contribution in [3.8, 4) is 22.8 Å². The van der Waals surface area contributed by atoms with Crippen LogP contribution in [-0.2, 0) is 0 Å². The monoisotopic (exact) mass is 411 g/mol. The minimum atomic E-state index is -0.182. The molecule has 0 aliphatic heterocycles. The maximum Gasteiger partial charge on any atom is 0.257 e. The second-order valence-electron chi connectivity index (χ2n) is 6.28. The van der Waals surface area contributed by atoms with Crippen molar-refractivity contribution in [3.05, 3.63) is 53.4 Å². The normalized spacial score (nSPS) is 10.5. The van der Waals surface area contributed by atoms with E-state index in [1.807, 2.05) is 47.8 Å². The Kier molecular flexibility index (Phi) is 6.72. The van der Waals surface area contributed by atoms with Crippen molar-refractivity contribution in [3.63, 3.8) is 0 Å². The summed E-state index contributed by atoms with van der Waals surface area (Å²) in [5, 5.41) is 5.30. The number of amides is 1. The Labute approximate surface area is 175 Å². The average molecular weight is 412 g/mol. The second-order valence-corrected chi connectivity index (χ2v) is 7.14. The van der Waals surface area contributed by atoms with Gasteiger partial charge in [0.05, 0.1) is 19.9 Å². The first kappa shape index (κ1) is 20.7. The van der Waals surface area contributed by atoms with Gasteiger partial charge in [0.2, 0.25) is 0 Å². The molecule has 0 fully saturated rings. The molecule has 0 aliphatic rings. The van der Waals surface area contributed by atoms with Crippen LogP contribution in [0.1, 0.15) is 24.2 Å². The van der Waals surface area contributed by atoms with E-state index in [2.05, 4.69) is 29.0 Å². The van der Waals surface area contributed by atoms with Crippen LogP contribution in [0, 0.1) is 0 Å². The van der Waals surface area contributed by atoms with Gasteiger partial charge in [0.1, 0.15) is 11.5 Å². The van der Waals surface area contributed by atoms with Crippen molar-refractivity contribution >= 4 is 28.1 Å². The molecule has 0 spiro atoms. The lowest BCUT2D eigenvalue weighted by molar-refractivity contribution is 0.102. The molecule has 7 heteroatoms. The Morgan fingerprint density at radius 3 is 2.41 bits per heavy atom. The van der Waals surface area contributed by atoms with Crippen LogP contribution in [0.15, 0.2) is 47.8 Å². The van der Waals surface area contributed by atoms with Crippen molar-refractivity contribution < 1.29 is 14.3 Å². The summed E-state index contributed by atoms with van der Waals surface area (Å²) in [4.78, 5) is 19.4. The minimum absolute atomic E-state index is 0.182. The number of ether oxygens (including phenoxy) is 2. The van der Waals surface area contributed by atoms with Crippen molar-refractivity contribution in [2.45, 2.75) is 13.8 Å². The molecule has 0 saturated heterocycles. The zero-order valence-electron chi connectivity index (χ0n) is 17.1. The largest absolute Gasteiger partial charge is 0.497 e. The van der Waals surface area contributed by atoms with Crippen molar-refractivity contribution in [1.82, 2.24) is 4.98 Å². The molecular weight excluding hydrogens is 386 g/mol. The molecule has 0 bridgehead atoms. The fourth-order valence-electron chi connectivity index (χ4n) is 3.05. The Balaban J connectivity index is 1.74. The van der Waals surface area contributed by atoms with Gasteiger partial charge in [-0.05, 0) is 50.2 Å². The zero-order valence-corrected chi connectivity index (χ0v) is 17.9. The smallest absolute Gasteiger partial charge is 0.257 e. The highest BCUT2D eigenvalue weighted by molar-refractivity contribution is 7.14. The fourth-order valence-corrected chi connectivity index (χ4v) is 3.75. The number of nitrogens with one attached hydrogen (secondary N) is 1. The Bertz CT molecular complexity index is 966. The molecule has 0 atom stereocenters. The van der Waals surface area contributed by atoms with E-state index in [-0.39, 0.29) is 5.91 Å². The summed E-state index contributed by atoms with van der Waals surface area (Å²) < 4.78 is 10.7. The molecule has 0 unspecified atom stereocenters. The zero-order chi connectivity index (χ0) is 20.8. The summed E-state index contributed by atoms with van der Waals surface area (Å²) in [7, 11) is 3.22. The molecule has 3 rings (SSSR count). The lowest BCUT2D eigenvalue weighted by atomic mass is 10.1. The van der Waals surface area contributed by atoms with Gasteiger partial charge < -0.3 is 14.4 Å². The SMILES string of the molecule is CCN(CC)c1ccc(C(=O)Nc2nc(-c3ccc(OC)cc3OC)cs2)cc1. The lowest BCUT2D eigenvalue weighted by Gasteiger charge is -2.20. The van der Waals surface area contributed by atoms with Crippen molar-refractivity contribution in [1.29, 1.82) is 0 Å². The molecule has 152 valence electrons. The van der Waals surface area contributed by atoms with Crippen LogP contribution < -0.4 is 19.7 Å². The number of carbonyl (C=O) groups is 1. The Morgan fingerprint density at radius 1 is 1.07 bits per heavy atom. The number of anilines is 2. The Hall–Kier alpha value is -3.06. The number of carbonyl (C=O) groups excluding carboxylic acids is 1. The third kappa shape index (κ3) is 4.68. The quantitative estimate of drug-likeness (QED) is 0.570. The number of aromatic nitrogens is 1. The Morgan fingerprint density at radius 2 is 1.79 bits per heavy atom. The summed E-state index contributed by atoms with van der Waals surface area (Å²) in [5.41, 5.74) is 3.28. The van der Waals surface area contributed by atoms with E-state index in [0.717, 1.165) is 30.0 Å². The van der Waals surface area contributed by atoms with E-state index in [1.54, 1.807) is 14.2 Å². The topological polar surface area (TPSA) is 63.7 Å². The molecule has 0 saturated carbocycles. The first-order chi connectivity index (χ1) is 14.1. The predicted molar refractivity (Wildman–Crippen MR) is 119 cm³/mol. The average Bonchev–Trinajstić information content (AvgIpc) is 3.22. The van der Waals surface area contributed by atoms with Crippen LogP contribution in [0.2, 0.25) is 0 Å². The summed E-state index contributed by atoms with van der Waals surface area (Å²) >= 11 is 1.37. The number of methoxy groups -OCH3 is 2. The van der Waals surface area contributed by atoms with E-state index in [1.165, 1.54) is 11.3 Å². The van der Waals surface area contributed by atoms with Crippen LogP contribution in [0.3, 0.4) is 0 Å². The molecule has 1 N–H and O–H groups in total. The van der Waals surface area contributed by atoms with Gasteiger partial charge in [0, 0.05) is 41.4 Å². The molecular formula is C22H25N3O3S. The molecule has 1 aromatic heterocycles. The van der Waals surface area contributed by atoms with E-state index >= 15 is 0 Å². The maximum atomic E-state index is 12.6. The molecule has 0 aliphatic carbocycles. The van der Waals surface area contributed by atoms with Gasteiger partial charge >= 0.3 is 0 Å². The number of benzene rings is 2. The van der Waals surface area contributed by atoms with Gasteiger partial charge in [-0.3, -0.25) is 10.1 Å². The number of thiazole rings is 1. The summed E-state index contributed by atoms with van der Waals surface area (Å²) in [6, 6.07) is 13.2. The van der Waals surface area contributed by atoms with Crippen molar-refractivity contribution in [2.24, 2.45) is 0 Å². The van der Waals surface area contributed by atoms with E-state index in [9.17, 15) is 4.79 Å². The highest BCUT2D eigenvalue weighted by Crippen LogP contribution is 2.34. The number of nitrogens with zero attached hydrogens (tertiary/aromatic N) is 2. The predicted octanol–water partition coefficient (Wildman–Crippen LogP) is 4.93. The summed E-state index contributed by atoms with van der Waals surface area (Å²) in [5.74, 6) is 1.20. The van der Waals surface area contributed by atoms with Crippen LogP contribution >= 0.6 is 11.3 Å².